The van der Waals surface area contributed by atoms with Crippen LogP contribution in [0.2, 0.25) is 5.02 Å². The molecule has 1 amide bonds. The van der Waals surface area contributed by atoms with Crippen LogP contribution < -0.4 is 10.0 Å². The Bertz CT molecular complexity index is 1020. The van der Waals surface area contributed by atoms with Gasteiger partial charge in [0, 0.05) is 19.3 Å². The Labute approximate surface area is 160 Å². The summed E-state index contributed by atoms with van der Waals surface area (Å²) in [6, 6.07) is -1.84. The third kappa shape index (κ3) is 4.59. The summed E-state index contributed by atoms with van der Waals surface area (Å²) in [6.45, 7) is 0.586. The van der Waals surface area contributed by atoms with Crippen LogP contribution in [0.1, 0.15) is 17.4 Å². The third-order valence-corrected chi connectivity index (χ3v) is 5.53. The van der Waals surface area contributed by atoms with Crippen molar-refractivity contribution in [3.63, 3.8) is 0 Å². The van der Waals surface area contributed by atoms with E-state index in [2.05, 4.69) is 4.98 Å². The van der Waals surface area contributed by atoms with Crippen molar-refractivity contribution in [2.75, 3.05) is 5.32 Å². The number of aryl methyl sites for hydroxylation is 1. The van der Waals surface area contributed by atoms with Crippen LogP contribution in [0, 0.1) is 11.8 Å². The van der Waals surface area contributed by atoms with E-state index >= 15 is 0 Å². The Morgan fingerprint density at radius 1 is 1.32 bits per heavy atom. The maximum Gasteiger partial charge on any atom is 0.404 e. The van der Waals surface area contributed by atoms with Crippen molar-refractivity contribution in [1.29, 1.82) is 0 Å². The first-order valence-electron chi connectivity index (χ1n) is 7.30. The molecule has 1 atom stereocenters. The normalized spacial score (nSPS) is 13.4. The van der Waals surface area contributed by atoms with Crippen LogP contribution in [0.4, 0.5) is 27.6 Å². The van der Waals surface area contributed by atoms with Crippen LogP contribution in [-0.4, -0.2) is 36.1 Å². The molecule has 2 heterocycles. The first-order valence-corrected chi connectivity index (χ1v) is 9.16. The highest BCUT2D eigenvalue weighted by molar-refractivity contribution is 7.89. The van der Waals surface area contributed by atoms with E-state index in [0.29, 0.717) is 19.2 Å². The molecule has 0 aromatic carbocycles. The van der Waals surface area contributed by atoms with E-state index in [0.717, 1.165) is 10.8 Å². The molecule has 7 nitrogen and oxygen atoms in total. The molecule has 2 N–H and O–H groups in total. The molecule has 0 spiro atoms. The maximum atomic E-state index is 13.6. The quantitative estimate of drug-likeness (QED) is 0.545. The average Bonchev–Trinajstić information content (AvgIpc) is 2.85. The second-order valence-electron chi connectivity index (χ2n) is 5.59. The number of aromatic nitrogens is 2. The number of carbonyl (C=O) groups excluding carboxylic acids is 1. The van der Waals surface area contributed by atoms with Gasteiger partial charge in [0.05, 0.1) is 16.9 Å². The minimum absolute atomic E-state index is 0.502. The fraction of sp³-hybridized carbons (Fsp3) is 0.286. The number of alkyl halides is 3. The second-order valence-corrected chi connectivity index (χ2v) is 7.65. The van der Waals surface area contributed by atoms with Gasteiger partial charge in [-0.15, -0.1) is 0 Å². The van der Waals surface area contributed by atoms with Crippen molar-refractivity contribution in [1.82, 2.24) is 14.3 Å². The Morgan fingerprint density at radius 3 is 2.50 bits per heavy atom. The van der Waals surface area contributed by atoms with Crippen LogP contribution in [0.25, 0.3) is 0 Å². The van der Waals surface area contributed by atoms with Crippen LogP contribution >= 0.6 is 11.6 Å². The molecule has 0 aliphatic heterocycles. The largest absolute Gasteiger partial charge is 0.404 e. The Kier molecular flexibility index (Phi) is 6.01. The smallest absolute Gasteiger partial charge is 0.344 e. The van der Waals surface area contributed by atoms with Crippen LogP contribution in [0.5, 0.6) is 0 Å². The van der Waals surface area contributed by atoms with Gasteiger partial charge in [-0.3, -0.25) is 4.79 Å². The summed E-state index contributed by atoms with van der Waals surface area (Å²) < 4.78 is 91.3. The van der Waals surface area contributed by atoms with Gasteiger partial charge in [0.1, 0.15) is 16.6 Å². The Hall–Kier alpha value is -2.25. The van der Waals surface area contributed by atoms with E-state index in [-0.39, 0.29) is 0 Å². The SMILES string of the molecule is CC(NS(=O)(=O)c1cn(C)c(C(=O)Nc2cc(F)ncc2F)c1Cl)C(F)(F)F. The van der Waals surface area contributed by atoms with Crippen LogP contribution in [0.3, 0.4) is 0 Å². The number of nitrogens with one attached hydrogen (secondary N) is 2. The maximum absolute atomic E-state index is 13.6. The zero-order valence-electron chi connectivity index (χ0n) is 14.1. The van der Waals surface area contributed by atoms with Crippen molar-refractivity contribution in [3.05, 3.63) is 40.9 Å². The average molecular weight is 447 g/mol. The van der Waals surface area contributed by atoms with Gasteiger partial charge in [-0.25, -0.2) is 17.8 Å². The summed E-state index contributed by atoms with van der Waals surface area (Å²) in [6.07, 6.45) is -3.53. The predicted octanol–water partition coefficient (Wildman–Crippen LogP) is 2.83. The summed E-state index contributed by atoms with van der Waals surface area (Å²) in [4.78, 5) is 14.6. The number of rotatable bonds is 5. The highest BCUT2D eigenvalue weighted by Crippen LogP contribution is 2.29. The van der Waals surface area contributed by atoms with Gasteiger partial charge in [0.2, 0.25) is 16.0 Å². The standard InChI is InChI=1S/C14H12ClF5N4O3S/c1-6(14(18,19)20)23-28(26,27)9-5-24(2)12(11(9)15)13(25)22-8-3-10(17)21-4-7(8)16/h3-6,23H,1-2H3,(H,21,22,25). The van der Waals surface area contributed by atoms with E-state index in [1.54, 1.807) is 0 Å². The zero-order valence-corrected chi connectivity index (χ0v) is 15.7. The predicted molar refractivity (Wildman–Crippen MR) is 88.4 cm³/mol. The van der Waals surface area contributed by atoms with Crippen LogP contribution in [0.15, 0.2) is 23.4 Å². The molecule has 0 radical (unpaired) electrons. The highest BCUT2D eigenvalue weighted by Gasteiger charge is 2.40. The van der Waals surface area contributed by atoms with Gasteiger partial charge < -0.3 is 9.88 Å². The molecule has 0 saturated heterocycles. The number of pyridine rings is 1. The minimum atomic E-state index is -4.85. The summed E-state index contributed by atoms with van der Waals surface area (Å²) in [5, 5.41) is 1.29. The van der Waals surface area contributed by atoms with Crippen molar-refractivity contribution >= 4 is 33.2 Å². The van der Waals surface area contributed by atoms with Crippen molar-refractivity contribution in [2.45, 2.75) is 24.0 Å². The van der Waals surface area contributed by atoms with E-state index in [4.69, 9.17) is 11.6 Å². The number of nitrogens with zero attached hydrogens (tertiary/aromatic N) is 2. The lowest BCUT2D eigenvalue weighted by molar-refractivity contribution is -0.147. The number of anilines is 1. The fourth-order valence-electron chi connectivity index (χ4n) is 2.07. The molecule has 1 unspecified atom stereocenters. The van der Waals surface area contributed by atoms with Crippen molar-refractivity contribution in [2.24, 2.45) is 7.05 Å². The molecular weight excluding hydrogens is 435 g/mol. The number of hydrogen-bond acceptors (Lipinski definition) is 4. The summed E-state index contributed by atoms with van der Waals surface area (Å²) >= 11 is 5.88. The van der Waals surface area contributed by atoms with Gasteiger partial charge in [0.15, 0.2) is 5.82 Å². The molecule has 14 heteroatoms. The number of halogens is 6. The monoisotopic (exact) mass is 446 g/mol. The number of sulfonamides is 1. The summed E-state index contributed by atoms with van der Waals surface area (Å²) in [7, 11) is -3.55. The van der Waals surface area contributed by atoms with Gasteiger partial charge in [-0.2, -0.15) is 22.3 Å². The van der Waals surface area contributed by atoms with Gasteiger partial charge in [-0.1, -0.05) is 11.6 Å². The molecule has 0 saturated carbocycles. The Morgan fingerprint density at radius 2 is 1.93 bits per heavy atom. The van der Waals surface area contributed by atoms with Crippen molar-refractivity contribution in [3.8, 4) is 0 Å². The van der Waals surface area contributed by atoms with Crippen LogP contribution in [-0.2, 0) is 17.1 Å². The van der Waals surface area contributed by atoms with Crippen molar-refractivity contribution < 1.29 is 35.2 Å². The lowest BCUT2D eigenvalue weighted by Gasteiger charge is -2.16. The molecule has 0 aliphatic carbocycles. The van der Waals surface area contributed by atoms with Gasteiger partial charge in [0.25, 0.3) is 5.91 Å². The minimum Gasteiger partial charge on any atom is -0.344 e. The molecule has 0 fully saturated rings. The molecule has 2 aromatic heterocycles. The first kappa shape index (κ1) is 22.0. The Balaban J connectivity index is 2.37. The molecule has 0 aliphatic rings. The zero-order chi connectivity index (χ0) is 21.4. The molecule has 0 bridgehead atoms. The number of amides is 1. The van der Waals surface area contributed by atoms with E-state index in [1.807, 2.05) is 5.32 Å². The topological polar surface area (TPSA) is 93.1 Å². The van der Waals surface area contributed by atoms with E-state index in [1.165, 1.54) is 11.8 Å². The molecule has 2 rings (SSSR count). The third-order valence-electron chi connectivity index (χ3n) is 3.49. The van der Waals surface area contributed by atoms with Gasteiger partial charge >= 0.3 is 6.18 Å². The lowest BCUT2D eigenvalue weighted by Crippen LogP contribution is -2.42. The van der Waals surface area contributed by atoms with E-state index < -0.39 is 61.2 Å². The van der Waals surface area contributed by atoms with Gasteiger partial charge in [-0.05, 0) is 6.92 Å². The molecular formula is C14H12ClF5N4O3S. The molecule has 154 valence electrons. The first-order chi connectivity index (χ1) is 12.7. The number of carbonyl (C=O) groups is 1. The fourth-order valence-corrected chi connectivity index (χ4v) is 4.00. The molecule has 2 aromatic rings. The highest BCUT2D eigenvalue weighted by atomic mass is 35.5. The summed E-state index contributed by atoms with van der Waals surface area (Å²) in [5.74, 6) is -3.29. The van der Waals surface area contributed by atoms with E-state index in [9.17, 15) is 35.2 Å². The lowest BCUT2D eigenvalue weighted by atomic mass is 10.3. The number of hydrogen-bond donors (Lipinski definition) is 2. The summed E-state index contributed by atoms with van der Waals surface area (Å²) in [5.41, 5.74) is -1.10. The molecule has 28 heavy (non-hydrogen) atoms. The second kappa shape index (κ2) is 7.64.